The Morgan fingerprint density at radius 1 is 1.22 bits per heavy atom. The second-order valence-corrected chi connectivity index (χ2v) is 6.03. The van der Waals surface area contributed by atoms with Crippen LogP contribution in [0, 0.1) is 0 Å². The summed E-state index contributed by atoms with van der Waals surface area (Å²) in [5, 5.41) is 3.76. The first-order valence-electron chi connectivity index (χ1n) is 6.78. The number of halogens is 1. The summed E-state index contributed by atoms with van der Waals surface area (Å²) in [5.74, 6) is 0.788. The Morgan fingerprint density at radius 3 is 2.74 bits per heavy atom. The van der Waals surface area contributed by atoms with Crippen LogP contribution in [0.5, 0.6) is 11.5 Å². The molecule has 0 radical (unpaired) electrons. The second kappa shape index (κ2) is 6.85. The van der Waals surface area contributed by atoms with E-state index in [-0.39, 0.29) is 12.5 Å². The monoisotopic (exact) mass is 348 g/mol. The van der Waals surface area contributed by atoms with Gasteiger partial charge in [-0.1, -0.05) is 41.1 Å². The smallest absolute Gasteiger partial charge is 0.264 e. The third kappa shape index (κ3) is 3.55. The number of para-hydroxylation sites is 3. The number of ether oxygens (including phenoxy) is 2. The quantitative estimate of drug-likeness (QED) is 0.757. The molecule has 1 amide bonds. The van der Waals surface area contributed by atoms with Gasteiger partial charge in [-0.2, -0.15) is 0 Å². The molecule has 1 N–H and O–H groups in total. The maximum Gasteiger partial charge on any atom is 0.264 e. The van der Waals surface area contributed by atoms with Crippen molar-refractivity contribution in [1.82, 2.24) is 4.98 Å². The SMILES string of the molecule is COc1ccccc1OCC(=O)Nc1nc2c(Cl)cccc2s1. The fourth-order valence-corrected chi connectivity index (χ4v) is 3.19. The third-order valence-corrected chi connectivity index (χ3v) is 4.28. The van der Waals surface area contributed by atoms with Gasteiger partial charge in [-0.15, -0.1) is 0 Å². The molecule has 3 rings (SSSR count). The largest absolute Gasteiger partial charge is 0.493 e. The van der Waals surface area contributed by atoms with Gasteiger partial charge in [-0.3, -0.25) is 10.1 Å². The minimum absolute atomic E-state index is 0.135. The number of aromatic nitrogens is 1. The Kier molecular flexibility index (Phi) is 4.64. The molecule has 0 bridgehead atoms. The fourth-order valence-electron chi connectivity index (χ4n) is 2.01. The van der Waals surface area contributed by atoms with Gasteiger partial charge in [0.2, 0.25) is 0 Å². The summed E-state index contributed by atoms with van der Waals surface area (Å²) < 4.78 is 11.6. The van der Waals surface area contributed by atoms with Crippen LogP contribution >= 0.6 is 22.9 Å². The molecule has 2 aromatic carbocycles. The summed E-state index contributed by atoms with van der Waals surface area (Å²) >= 11 is 7.44. The number of carbonyl (C=O) groups excluding carboxylic acids is 1. The predicted molar refractivity (Wildman–Crippen MR) is 91.7 cm³/mol. The predicted octanol–water partition coefficient (Wildman–Crippen LogP) is 3.98. The molecule has 0 aliphatic heterocycles. The Labute approximate surface area is 141 Å². The number of nitrogens with one attached hydrogen (secondary N) is 1. The second-order valence-electron chi connectivity index (χ2n) is 4.59. The Morgan fingerprint density at radius 2 is 2.00 bits per heavy atom. The highest BCUT2D eigenvalue weighted by atomic mass is 35.5. The van der Waals surface area contributed by atoms with E-state index < -0.39 is 0 Å². The van der Waals surface area contributed by atoms with Crippen LogP contribution in [-0.2, 0) is 4.79 Å². The summed E-state index contributed by atoms with van der Waals surface area (Å²) in [4.78, 5) is 16.3. The molecule has 5 nitrogen and oxygen atoms in total. The third-order valence-electron chi connectivity index (χ3n) is 3.04. The van der Waals surface area contributed by atoms with Crippen molar-refractivity contribution in [2.45, 2.75) is 0 Å². The maximum atomic E-state index is 12.0. The summed E-state index contributed by atoms with van der Waals surface area (Å²) in [6.07, 6.45) is 0. The first-order valence-corrected chi connectivity index (χ1v) is 7.97. The summed E-state index contributed by atoms with van der Waals surface area (Å²) in [6, 6.07) is 12.7. The van der Waals surface area contributed by atoms with E-state index in [2.05, 4.69) is 10.3 Å². The number of carbonyl (C=O) groups is 1. The van der Waals surface area contributed by atoms with Gasteiger partial charge >= 0.3 is 0 Å². The average Bonchev–Trinajstić information content (AvgIpc) is 2.97. The van der Waals surface area contributed by atoms with E-state index in [1.807, 2.05) is 24.3 Å². The lowest BCUT2D eigenvalue weighted by Crippen LogP contribution is -2.20. The first-order chi connectivity index (χ1) is 11.2. The summed E-state index contributed by atoms with van der Waals surface area (Å²) in [5.41, 5.74) is 0.681. The van der Waals surface area contributed by atoms with Crippen LogP contribution in [0.1, 0.15) is 0 Å². The minimum Gasteiger partial charge on any atom is -0.493 e. The van der Waals surface area contributed by atoms with Crippen LogP contribution in [0.4, 0.5) is 5.13 Å². The molecule has 0 atom stereocenters. The number of amides is 1. The number of rotatable bonds is 5. The zero-order valence-electron chi connectivity index (χ0n) is 12.2. The molecule has 7 heteroatoms. The van der Waals surface area contributed by atoms with E-state index >= 15 is 0 Å². The van der Waals surface area contributed by atoms with Gasteiger partial charge in [0.25, 0.3) is 5.91 Å². The fraction of sp³-hybridized carbons (Fsp3) is 0.125. The lowest BCUT2D eigenvalue weighted by molar-refractivity contribution is -0.118. The van der Waals surface area contributed by atoms with Crippen LogP contribution in [0.15, 0.2) is 42.5 Å². The number of thiazole rings is 1. The molecule has 0 aliphatic rings. The van der Waals surface area contributed by atoms with E-state index in [1.54, 1.807) is 25.3 Å². The number of nitrogens with zero attached hydrogens (tertiary/aromatic N) is 1. The molecular formula is C16H13ClN2O3S. The van der Waals surface area contributed by atoms with Crippen molar-refractivity contribution < 1.29 is 14.3 Å². The molecule has 1 aromatic heterocycles. The van der Waals surface area contributed by atoms with Gasteiger partial charge in [0, 0.05) is 0 Å². The Bertz CT molecular complexity index is 850. The Hall–Kier alpha value is -2.31. The van der Waals surface area contributed by atoms with Crippen molar-refractivity contribution in [3.8, 4) is 11.5 Å². The number of anilines is 1. The summed E-state index contributed by atoms with van der Waals surface area (Å²) in [7, 11) is 1.55. The number of hydrogen-bond acceptors (Lipinski definition) is 5. The molecule has 0 saturated heterocycles. The topological polar surface area (TPSA) is 60.5 Å². The molecular weight excluding hydrogens is 336 g/mol. The Balaban J connectivity index is 1.65. The highest BCUT2D eigenvalue weighted by Gasteiger charge is 2.11. The van der Waals surface area contributed by atoms with E-state index in [0.29, 0.717) is 27.2 Å². The van der Waals surface area contributed by atoms with Crippen LogP contribution in [-0.4, -0.2) is 24.6 Å². The van der Waals surface area contributed by atoms with E-state index in [4.69, 9.17) is 21.1 Å². The average molecular weight is 349 g/mol. The molecule has 0 saturated carbocycles. The van der Waals surface area contributed by atoms with Gasteiger partial charge in [-0.05, 0) is 24.3 Å². The zero-order valence-corrected chi connectivity index (χ0v) is 13.8. The van der Waals surface area contributed by atoms with Crippen LogP contribution in [0.25, 0.3) is 10.2 Å². The van der Waals surface area contributed by atoms with Crippen molar-refractivity contribution >= 4 is 44.2 Å². The molecule has 118 valence electrons. The van der Waals surface area contributed by atoms with Crippen LogP contribution in [0.2, 0.25) is 5.02 Å². The van der Waals surface area contributed by atoms with Gasteiger partial charge in [0.15, 0.2) is 23.2 Å². The van der Waals surface area contributed by atoms with Crippen LogP contribution < -0.4 is 14.8 Å². The normalized spacial score (nSPS) is 10.5. The molecule has 23 heavy (non-hydrogen) atoms. The molecule has 0 spiro atoms. The lowest BCUT2D eigenvalue weighted by atomic mass is 10.3. The van der Waals surface area contributed by atoms with Gasteiger partial charge in [0.1, 0.15) is 5.52 Å². The maximum absolute atomic E-state index is 12.0. The molecule has 0 unspecified atom stereocenters. The highest BCUT2D eigenvalue weighted by molar-refractivity contribution is 7.22. The van der Waals surface area contributed by atoms with Crippen molar-refractivity contribution in [2.75, 3.05) is 19.0 Å². The van der Waals surface area contributed by atoms with Gasteiger partial charge in [-0.25, -0.2) is 4.98 Å². The van der Waals surface area contributed by atoms with Gasteiger partial charge < -0.3 is 9.47 Å². The number of hydrogen-bond donors (Lipinski definition) is 1. The standard InChI is InChI=1S/C16H13ClN2O3S/c1-21-11-6-2-3-7-12(11)22-9-14(20)18-16-19-15-10(17)5-4-8-13(15)23-16/h2-8H,9H2,1H3,(H,18,19,20). The van der Waals surface area contributed by atoms with E-state index in [9.17, 15) is 4.79 Å². The molecule has 3 aromatic rings. The molecule has 0 fully saturated rings. The highest BCUT2D eigenvalue weighted by Crippen LogP contribution is 2.30. The van der Waals surface area contributed by atoms with Crippen molar-refractivity contribution in [1.29, 1.82) is 0 Å². The first kappa shape index (κ1) is 15.6. The van der Waals surface area contributed by atoms with Gasteiger partial charge in [0.05, 0.1) is 16.8 Å². The lowest BCUT2D eigenvalue weighted by Gasteiger charge is -2.09. The molecule has 0 aliphatic carbocycles. The van der Waals surface area contributed by atoms with Crippen molar-refractivity contribution in [3.05, 3.63) is 47.5 Å². The molecule has 1 heterocycles. The number of methoxy groups -OCH3 is 1. The summed E-state index contributed by atoms with van der Waals surface area (Å²) in [6.45, 7) is -0.135. The van der Waals surface area contributed by atoms with E-state index in [0.717, 1.165) is 4.70 Å². The zero-order chi connectivity index (χ0) is 16.2. The van der Waals surface area contributed by atoms with Crippen molar-refractivity contribution in [2.24, 2.45) is 0 Å². The van der Waals surface area contributed by atoms with Crippen LogP contribution in [0.3, 0.4) is 0 Å². The number of fused-ring (bicyclic) bond motifs is 1. The van der Waals surface area contributed by atoms with E-state index in [1.165, 1.54) is 11.3 Å². The number of benzene rings is 2. The van der Waals surface area contributed by atoms with Crippen molar-refractivity contribution in [3.63, 3.8) is 0 Å². The minimum atomic E-state index is -0.300.